The Hall–Kier alpha value is -0.610. The van der Waals surface area contributed by atoms with E-state index in [1.165, 1.54) is 0 Å². The van der Waals surface area contributed by atoms with E-state index in [9.17, 15) is 0 Å². The van der Waals surface area contributed by atoms with Crippen LogP contribution in [0.1, 0.15) is 0 Å². The Kier molecular flexibility index (Phi) is 1.58. The van der Waals surface area contributed by atoms with Crippen molar-refractivity contribution < 1.29 is 4.99 Å². The normalized spacial score (nSPS) is 34.0. The lowest BCUT2D eigenvalue weighted by Gasteiger charge is -2.12. The van der Waals surface area contributed by atoms with E-state index in [1.54, 1.807) is 6.34 Å². The number of hydrogen-bond donors (Lipinski definition) is 2. The Bertz CT molecular complexity index is 270. The molecule has 0 aromatic heterocycles. The maximum Gasteiger partial charge on any atom is 0.231 e. The van der Waals surface area contributed by atoms with Gasteiger partial charge in [-0.25, -0.2) is 0 Å². The largest absolute Gasteiger partial charge is 0.267 e. The fourth-order valence-corrected chi connectivity index (χ4v) is 1.51. The summed E-state index contributed by atoms with van der Waals surface area (Å²) in [4.78, 5) is 2.97. The summed E-state index contributed by atoms with van der Waals surface area (Å²) < 4.78 is 0. The van der Waals surface area contributed by atoms with E-state index in [-0.39, 0.29) is 12.1 Å². The molecule has 2 atom stereocenters. The second kappa shape index (κ2) is 2.46. The number of rotatable bonds is 0. The molecule has 2 N–H and O–H groups in total. The molecular formula is C5H5Cl2N4+. The van der Waals surface area contributed by atoms with Gasteiger partial charge in [-0.05, 0) is 0 Å². The topological polar surface area (TPSA) is 50.7 Å². The maximum absolute atomic E-state index is 5.74. The lowest BCUT2D eigenvalue weighted by molar-refractivity contribution is -0.466. The zero-order chi connectivity index (χ0) is 7.84. The molecule has 0 aliphatic carbocycles. The molecule has 58 valence electrons. The van der Waals surface area contributed by atoms with Gasteiger partial charge in [0.05, 0.1) is 0 Å². The monoisotopic (exact) mass is 191 g/mol. The Labute approximate surface area is 73.0 Å². The highest BCUT2D eigenvalue weighted by Gasteiger charge is 2.39. The molecule has 2 aliphatic heterocycles. The molecule has 0 aromatic rings. The quantitative estimate of drug-likeness (QED) is 0.489. The Morgan fingerprint density at radius 2 is 2.09 bits per heavy atom. The van der Waals surface area contributed by atoms with Crippen molar-refractivity contribution >= 4 is 39.9 Å². The van der Waals surface area contributed by atoms with Gasteiger partial charge in [-0.1, -0.05) is 23.2 Å². The van der Waals surface area contributed by atoms with Gasteiger partial charge in [-0.3, -0.25) is 10.3 Å². The molecule has 0 fully saturated rings. The zero-order valence-electron chi connectivity index (χ0n) is 5.38. The molecule has 4 nitrogen and oxygen atoms in total. The van der Waals surface area contributed by atoms with Crippen LogP contribution < -0.4 is 10.3 Å². The summed E-state index contributed by atoms with van der Waals surface area (Å²) >= 11 is 11.5. The van der Waals surface area contributed by atoms with E-state index in [2.05, 4.69) is 20.5 Å². The minimum absolute atomic E-state index is 0.0540. The molecule has 2 rings (SSSR count). The van der Waals surface area contributed by atoms with Crippen LogP contribution in [-0.2, 0) is 0 Å². The van der Waals surface area contributed by atoms with Crippen LogP contribution in [0.4, 0.5) is 0 Å². The molecule has 0 unspecified atom stereocenters. The smallest absolute Gasteiger partial charge is 0.231 e. The van der Waals surface area contributed by atoms with Crippen molar-refractivity contribution in [3.8, 4) is 0 Å². The van der Waals surface area contributed by atoms with Crippen molar-refractivity contribution in [1.82, 2.24) is 5.32 Å². The standard InChI is InChI=1S/C5H4Cl2N4/c6-4-2-3(9-1-8-2)5(7)11-10-4/h1-3H,(H,8,9)/p+1/t2-,3-/m0/s1. The first-order valence-corrected chi connectivity index (χ1v) is 3.85. The van der Waals surface area contributed by atoms with Crippen molar-refractivity contribution in [2.75, 3.05) is 0 Å². The van der Waals surface area contributed by atoms with Crippen molar-refractivity contribution in [2.24, 2.45) is 10.2 Å². The lowest BCUT2D eigenvalue weighted by atomic mass is 10.1. The van der Waals surface area contributed by atoms with E-state index >= 15 is 0 Å². The van der Waals surface area contributed by atoms with E-state index in [4.69, 9.17) is 23.2 Å². The molecular weight excluding hydrogens is 187 g/mol. The van der Waals surface area contributed by atoms with E-state index in [0.717, 1.165) is 0 Å². The first-order valence-electron chi connectivity index (χ1n) is 3.09. The summed E-state index contributed by atoms with van der Waals surface area (Å²) in [5.74, 6) is 0. The highest BCUT2D eigenvalue weighted by Crippen LogP contribution is 2.09. The average molecular weight is 192 g/mol. The predicted octanol–water partition coefficient (Wildman–Crippen LogP) is -1.36. The molecule has 0 spiro atoms. The van der Waals surface area contributed by atoms with Crippen LogP contribution in [0.15, 0.2) is 10.2 Å². The fraction of sp³-hybridized carbons (Fsp3) is 0.400. The minimum atomic E-state index is -0.0540. The van der Waals surface area contributed by atoms with Crippen LogP contribution in [-0.4, -0.2) is 28.8 Å². The van der Waals surface area contributed by atoms with E-state index in [1.807, 2.05) is 0 Å². The molecule has 6 heteroatoms. The number of halogens is 2. The third kappa shape index (κ3) is 1.02. The molecule has 11 heavy (non-hydrogen) atoms. The summed E-state index contributed by atoms with van der Waals surface area (Å²) in [6, 6.07) is -0.108. The minimum Gasteiger partial charge on any atom is -0.267 e. The van der Waals surface area contributed by atoms with Gasteiger partial charge in [-0.2, -0.15) is 0 Å². The summed E-state index contributed by atoms with van der Waals surface area (Å²) in [7, 11) is 0. The number of nitrogens with zero attached hydrogens (tertiary/aromatic N) is 2. The number of fused-ring (bicyclic) bond motifs is 1. The van der Waals surface area contributed by atoms with Crippen LogP contribution in [0.2, 0.25) is 0 Å². The van der Waals surface area contributed by atoms with Crippen LogP contribution in [0.25, 0.3) is 0 Å². The van der Waals surface area contributed by atoms with Gasteiger partial charge in [0.25, 0.3) is 0 Å². The molecule has 2 heterocycles. The number of nitrogens with one attached hydrogen (secondary N) is 2. The van der Waals surface area contributed by atoms with Gasteiger partial charge < -0.3 is 0 Å². The van der Waals surface area contributed by atoms with Gasteiger partial charge >= 0.3 is 0 Å². The van der Waals surface area contributed by atoms with Gasteiger partial charge in [-0.15, -0.1) is 10.2 Å². The second-order valence-electron chi connectivity index (χ2n) is 2.28. The molecule has 0 saturated carbocycles. The maximum atomic E-state index is 5.74. The number of hydrogen-bond acceptors (Lipinski definition) is 3. The van der Waals surface area contributed by atoms with Crippen LogP contribution in [0.5, 0.6) is 0 Å². The molecule has 0 radical (unpaired) electrons. The van der Waals surface area contributed by atoms with E-state index in [0.29, 0.717) is 10.3 Å². The van der Waals surface area contributed by atoms with Crippen LogP contribution >= 0.6 is 23.2 Å². The SMILES string of the molecule is ClC1=NN=C(Cl)[C@H]2[NH+]=CN[C@H]12. The van der Waals surface area contributed by atoms with Gasteiger partial charge in [0.1, 0.15) is 0 Å². The summed E-state index contributed by atoms with van der Waals surface area (Å²) in [6.45, 7) is 0. The van der Waals surface area contributed by atoms with Crippen molar-refractivity contribution in [1.29, 1.82) is 0 Å². The van der Waals surface area contributed by atoms with Crippen LogP contribution in [0, 0.1) is 0 Å². The third-order valence-electron chi connectivity index (χ3n) is 1.61. The summed E-state index contributed by atoms with van der Waals surface area (Å²) in [5.41, 5.74) is 0. The van der Waals surface area contributed by atoms with Crippen molar-refractivity contribution in [3.05, 3.63) is 0 Å². The van der Waals surface area contributed by atoms with Crippen molar-refractivity contribution in [3.63, 3.8) is 0 Å². The molecule has 0 saturated heterocycles. The van der Waals surface area contributed by atoms with E-state index < -0.39 is 0 Å². The van der Waals surface area contributed by atoms with Gasteiger partial charge in [0.2, 0.25) is 6.34 Å². The zero-order valence-corrected chi connectivity index (χ0v) is 6.89. The Morgan fingerprint density at radius 1 is 1.36 bits per heavy atom. The predicted molar refractivity (Wildman–Crippen MR) is 44.3 cm³/mol. The van der Waals surface area contributed by atoms with Crippen molar-refractivity contribution in [2.45, 2.75) is 12.1 Å². The first kappa shape index (κ1) is 7.06. The Morgan fingerprint density at radius 3 is 2.82 bits per heavy atom. The van der Waals surface area contributed by atoms with Crippen LogP contribution in [0.3, 0.4) is 0 Å². The average Bonchev–Trinajstić information content (AvgIpc) is 2.45. The highest BCUT2D eigenvalue weighted by atomic mass is 35.5. The molecule has 0 amide bonds. The third-order valence-corrected chi connectivity index (χ3v) is 2.23. The highest BCUT2D eigenvalue weighted by molar-refractivity contribution is 6.71. The second-order valence-corrected chi connectivity index (χ2v) is 3.05. The molecule has 2 aliphatic rings. The van der Waals surface area contributed by atoms with Gasteiger partial charge in [0.15, 0.2) is 22.4 Å². The Balaban J connectivity index is 2.35. The van der Waals surface area contributed by atoms with Gasteiger partial charge in [0, 0.05) is 0 Å². The lowest BCUT2D eigenvalue weighted by Crippen LogP contribution is -2.78. The fourth-order valence-electron chi connectivity index (χ4n) is 1.05. The first-order chi connectivity index (χ1) is 5.29. The summed E-state index contributed by atoms with van der Waals surface area (Å²) in [5, 5.41) is 11.2. The molecule has 0 bridgehead atoms. The molecule has 0 aromatic carbocycles. The summed E-state index contributed by atoms with van der Waals surface area (Å²) in [6.07, 6.45) is 1.69.